The van der Waals surface area contributed by atoms with Gasteiger partial charge >= 0.3 is 6.03 Å². The highest BCUT2D eigenvalue weighted by molar-refractivity contribution is 5.87. The van der Waals surface area contributed by atoms with E-state index in [1.807, 2.05) is 16.7 Å². The first kappa shape index (κ1) is 14.9. The summed E-state index contributed by atoms with van der Waals surface area (Å²) in [6, 6.07) is 0.208. The molecular weight excluding hydrogens is 254 g/mol. The molecule has 0 bridgehead atoms. The Labute approximate surface area is 121 Å². The fraction of sp³-hybridized carbons (Fsp3) is 0.733. The lowest BCUT2D eigenvalue weighted by molar-refractivity contribution is -0.128. The van der Waals surface area contributed by atoms with Crippen molar-refractivity contribution in [3.8, 4) is 0 Å². The van der Waals surface area contributed by atoms with Crippen LogP contribution in [0.5, 0.6) is 0 Å². The lowest BCUT2D eigenvalue weighted by Gasteiger charge is -2.41. The van der Waals surface area contributed by atoms with Gasteiger partial charge < -0.3 is 14.7 Å². The number of amides is 3. The smallest absolute Gasteiger partial charge is 0.320 e. The second-order valence-electron chi connectivity index (χ2n) is 5.82. The topological polar surface area (TPSA) is 43.9 Å². The number of carbonyl (C=O) groups excluding carboxylic acids is 2. The van der Waals surface area contributed by atoms with Crippen LogP contribution in [0.15, 0.2) is 12.7 Å². The quantitative estimate of drug-likeness (QED) is 0.720. The predicted octanol–water partition coefficient (Wildman–Crippen LogP) is 1.56. The van der Waals surface area contributed by atoms with Crippen molar-refractivity contribution in [3.63, 3.8) is 0 Å². The maximum atomic E-state index is 12.5. The molecule has 0 saturated carbocycles. The number of hydrogen-bond donors (Lipinski definition) is 0. The van der Waals surface area contributed by atoms with Crippen molar-refractivity contribution in [3.05, 3.63) is 12.7 Å². The van der Waals surface area contributed by atoms with Gasteiger partial charge in [0, 0.05) is 38.8 Å². The monoisotopic (exact) mass is 279 g/mol. The Bertz CT molecular complexity index is 397. The molecule has 5 heteroatoms. The van der Waals surface area contributed by atoms with E-state index in [-0.39, 0.29) is 18.0 Å². The fourth-order valence-electron chi connectivity index (χ4n) is 3.09. The van der Waals surface area contributed by atoms with Crippen LogP contribution in [0.2, 0.25) is 0 Å². The Kier molecular flexibility index (Phi) is 4.68. The number of piperazine rings is 1. The number of urea groups is 1. The average molecular weight is 279 g/mol. The molecule has 5 nitrogen and oxygen atoms in total. The molecule has 2 unspecified atom stereocenters. The van der Waals surface area contributed by atoms with Gasteiger partial charge in [-0.3, -0.25) is 4.79 Å². The second-order valence-corrected chi connectivity index (χ2v) is 5.82. The standard InChI is InChI=1S/C15H25N3O2/c1-4-13-6-7-17(11-13)15(20)18-9-8-16(10-12(18)3)14(19)5-2/h5,12-13H,2,4,6-11H2,1,3H3. The average Bonchev–Trinajstić information content (AvgIpc) is 2.94. The number of hydrogen-bond acceptors (Lipinski definition) is 2. The summed E-state index contributed by atoms with van der Waals surface area (Å²) in [7, 11) is 0. The van der Waals surface area contributed by atoms with Gasteiger partial charge in [0.15, 0.2) is 0 Å². The molecule has 0 aliphatic carbocycles. The van der Waals surface area contributed by atoms with Gasteiger partial charge in [0.1, 0.15) is 0 Å². The summed E-state index contributed by atoms with van der Waals surface area (Å²) < 4.78 is 0. The van der Waals surface area contributed by atoms with Crippen LogP contribution >= 0.6 is 0 Å². The molecule has 0 radical (unpaired) electrons. The third kappa shape index (κ3) is 2.97. The van der Waals surface area contributed by atoms with E-state index in [1.165, 1.54) is 6.08 Å². The van der Waals surface area contributed by atoms with Crippen molar-refractivity contribution in [2.75, 3.05) is 32.7 Å². The van der Waals surface area contributed by atoms with Gasteiger partial charge in [-0.1, -0.05) is 19.9 Å². The first-order chi connectivity index (χ1) is 9.56. The van der Waals surface area contributed by atoms with Gasteiger partial charge in [-0.2, -0.15) is 0 Å². The van der Waals surface area contributed by atoms with Crippen LogP contribution in [-0.2, 0) is 4.79 Å². The fourth-order valence-corrected chi connectivity index (χ4v) is 3.09. The Morgan fingerprint density at radius 3 is 2.50 bits per heavy atom. The molecule has 2 heterocycles. The number of likely N-dealkylation sites (tertiary alicyclic amines) is 1. The van der Waals surface area contributed by atoms with Crippen molar-refractivity contribution < 1.29 is 9.59 Å². The highest BCUT2D eigenvalue weighted by Gasteiger charge is 2.34. The summed E-state index contributed by atoms with van der Waals surface area (Å²) in [6.07, 6.45) is 3.60. The number of carbonyl (C=O) groups is 2. The summed E-state index contributed by atoms with van der Waals surface area (Å²) in [6.45, 7) is 11.3. The molecule has 112 valence electrons. The van der Waals surface area contributed by atoms with Crippen LogP contribution in [0.1, 0.15) is 26.7 Å². The molecule has 2 atom stereocenters. The molecule has 20 heavy (non-hydrogen) atoms. The first-order valence-electron chi connectivity index (χ1n) is 7.53. The zero-order valence-electron chi connectivity index (χ0n) is 12.5. The van der Waals surface area contributed by atoms with Crippen molar-refractivity contribution in [2.24, 2.45) is 5.92 Å². The minimum atomic E-state index is -0.0452. The summed E-state index contributed by atoms with van der Waals surface area (Å²) in [5.74, 6) is 0.606. The van der Waals surface area contributed by atoms with Crippen molar-refractivity contribution in [2.45, 2.75) is 32.7 Å². The first-order valence-corrected chi connectivity index (χ1v) is 7.53. The SMILES string of the molecule is C=CC(=O)N1CCN(C(=O)N2CCC(CC)C2)C(C)C1. The van der Waals surface area contributed by atoms with Crippen LogP contribution in [0, 0.1) is 5.92 Å². The highest BCUT2D eigenvalue weighted by Crippen LogP contribution is 2.22. The van der Waals surface area contributed by atoms with Crippen LogP contribution < -0.4 is 0 Å². The van der Waals surface area contributed by atoms with E-state index in [9.17, 15) is 9.59 Å². The van der Waals surface area contributed by atoms with Gasteiger partial charge in [-0.15, -0.1) is 0 Å². The van der Waals surface area contributed by atoms with E-state index in [4.69, 9.17) is 0 Å². The minimum Gasteiger partial charge on any atom is -0.335 e. The van der Waals surface area contributed by atoms with Crippen LogP contribution in [0.25, 0.3) is 0 Å². The van der Waals surface area contributed by atoms with Crippen LogP contribution in [0.3, 0.4) is 0 Å². The highest BCUT2D eigenvalue weighted by atomic mass is 16.2. The molecule has 2 fully saturated rings. The van der Waals surface area contributed by atoms with Gasteiger partial charge in [0.25, 0.3) is 0 Å². The largest absolute Gasteiger partial charge is 0.335 e. The maximum absolute atomic E-state index is 12.5. The molecule has 0 N–H and O–H groups in total. The summed E-state index contributed by atoms with van der Waals surface area (Å²) in [5, 5.41) is 0. The van der Waals surface area contributed by atoms with E-state index in [1.54, 1.807) is 4.90 Å². The molecule has 0 aromatic carbocycles. The second kappa shape index (κ2) is 6.29. The van der Waals surface area contributed by atoms with Gasteiger partial charge in [-0.05, 0) is 25.3 Å². The predicted molar refractivity (Wildman–Crippen MR) is 78.3 cm³/mol. The lowest BCUT2D eigenvalue weighted by atomic mass is 10.1. The van der Waals surface area contributed by atoms with Crippen molar-refractivity contribution in [1.29, 1.82) is 0 Å². The molecule has 2 saturated heterocycles. The normalized spacial score (nSPS) is 26.8. The molecule has 2 aliphatic rings. The molecule has 0 aromatic heterocycles. The molecule has 3 amide bonds. The molecule has 2 rings (SSSR count). The van der Waals surface area contributed by atoms with Gasteiger partial charge in [0.05, 0.1) is 0 Å². The Balaban J connectivity index is 1.92. The molecule has 0 spiro atoms. The number of rotatable bonds is 2. The molecule has 2 aliphatic heterocycles. The third-order valence-electron chi connectivity index (χ3n) is 4.49. The lowest BCUT2D eigenvalue weighted by Crippen LogP contribution is -2.57. The van der Waals surface area contributed by atoms with E-state index >= 15 is 0 Å². The zero-order valence-corrected chi connectivity index (χ0v) is 12.5. The third-order valence-corrected chi connectivity index (χ3v) is 4.49. The van der Waals surface area contributed by atoms with Crippen LogP contribution in [0.4, 0.5) is 4.79 Å². The van der Waals surface area contributed by atoms with Crippen molar-refractivity contribution >= 4 is 11.9 Å². The molecular formula is C15H25N3O2. The summed E-state index contributed by atoms with van der Waals surface area (Å²) in [4.78, 5) is 29.8. The van der Waals surface area contributed by atoms with E-state index < -0.39 is 0 Å². The molecule has 0 aromatic rings. The van der Waals surface area contributed by atoms with E-state index in [0.29, 0.717) is 25.6 Å². The zero-order chi connectivity index (χ0) is 14.7. The van der Waals surface area contributed by atoms with Gasteiger partial charge in [0.2, 0.25) is 5.91 Å². The Hall–Kier alpha value is -1.52. The van der Waals surface area contributed by atoms with Crippen molar-refractivity contribution in [1.82, 2.24) is 14.7 Å². The van der Waals surface area contributed by atoms with E-state index in [2.05, 4.69) is 13.5 Å². The maximum Gasteiger partial charge on any atom is 0.320 e. The Morgan fingerprint density at radius 2 is 1.95 bits per heavy atom. The summed E-state index contributed by atoms with van der Waals surface area (Å²) in [5.41, 5.74) is 0. The summed E-state index contributed by atoms with van der Waals surface area (Å²) >= 11 is 0. The van der Waals surface area contributed by atoms with Gasteiger partial charge in [-0.25, -0.2) is 4.79 Å². The minimum absolute atomic E-state index is 0.0452. The van der Waals surface area contributed by atoms with E-state index in [0.717, 1.165) is 25.9 Å². The number of nitrogens with zero attached hydrogens (tertiary/aromatic N) is 3. The Morgan fingerprint density at radius 1 is 1.20 bits per heavy atom. The van der Waals surface area contributed by atoms with Crippen LogP contribution in [-0.4, -0.2) is 65.4 Å².